The van der Waals surface area contributed by atoms with Crippen molar-refractivity contribution in [3.05, 3.63) is 87.7 Å². The first kappa shape index (κ1) is 18.5. The summed E-state index contributed by atoms with van der Waals surface area (Å²) in [5.41, 5.74) is 1.48. The second-order valence-electron chi connectivity index (χ2n) is 6.92. The zero-order valence-electron chi connectivity index (χ0n) is 15.6. The molecule has 1 N–H and O–H groups in total. The van der Waals surface area contributed by atoms with Gasteiger partial charge < -0.3 is 4.90 Å². The van der Waals surface area contributed by atoms with Crippen molar-refractivity contribution in [3.8, 4) is 5.69 Å². The lowest BCUT2D eigenvalue weighted by Gasteiger charge is -2.19. The highest BCUT2D eigenvalue weighted by Crippen LogP contribution is 2.30. The third-order valence-electron chi connectivity index (χ3n) is 4.76. The number of benzene rings is 2. The largest absolute Gasteiger partial charge is 0.316 e. The lowest BCUT2D eigenvalue weighted by molar-refractivity contribution is -0.901. The molecule has 1 aliphatic heterocycles. The van der Waals surface area contributed by atoms with E-state index in [1.54, 1.807) is 10.9 Å². The van der Waals surface area contributed by atoms with E-state index in [2.05, 4.69) is 5.10 Å². The maximum atomic E-state index is 12.7. The summed E-state index contributed by atoms with van der Waals surface area (Å²) in [7, 11) is 1.85. The first-order chi connectivity index (χ1) is 14.0. The fraction of sp³-hybridized carbons (Fsp3) is 0.150. The number of nitro benzene ring substituents is 1. The number of carbonyl (C=O) groups excluding carboxylic acids is 2. The molecule has 9 heteroatoms. The topological polar surface area (TPSA) is 103 Å². The van der Waals surface area contributed by atoms with Gasteiger partial charge in [-0.05, 0) is 18.2 Å². The van der Waals surface area contributed by atoms with Crippen molar-refractivity contribution in [2.75, 3.05) is 13.7 Å². The Kier molecular flexibility index (Phi) is 4.65. The number of imide groups is 1. The fourth-order valence-corrected chi connectivity index (χ4v) is 3.46. The molecule has 0 bridgehead atoms. The molecule has 2 aromatic carbocycles. The molecule has 0 fully saturated rings. The third-order valence-corrected chi connectivity index (χ3v) is 4.76. The molecule has 1 atom stereocenters. The summed E-state index contributed by atoms with van der Waals surface area (Å²) in [4.78, 5) is 37.8. The average molecular weight is 392 g/mol. The van der Waals surface area contributed by atoms with Crippen LogP contribution < -0.4 is 4.90 Å². The van der Waals surface area contributed by atoms with E-state index >= 15 is 0 Å². The van der Waals surface area contributed by atoms with E-state index in [1.165, 1.54) is 18.2 Å². The van der Waals surface area contributed by atoms with Crippen molar-refractivity contribution in [1.29, 1.82) is 0 Å². The highest BCUT2D eigenvalue weighted by molar-refractivity contribution is 6.23. The van der Waals surface area contributed by atoms with Gasteiger partial charge in [-0.15, -0.1) is 0 Å². The molecule has 9 nitrogen and oxygen atoms in total. The van der Waals surface area contributed by atoms with Crippen LogP contribution in [0.5, 0.6) is 0 Å². The highest BCUT2D eigenvalue weighted by atomic mass is 16.6. The number of aromatic nitrogens is 2. The Bertz CT molecular complexity index is 1110. The summed E-state index contributed by atoms with van der Waals surface area (Å²) in [6.45, 7) is 0.627. The molecule has 0 aliphatic carbocycles. The quantitative estimate of drug-likeness (QED) is 0.384. The molecule has 0 spiro atoms. The van der Waals surface area contributed by atoms with Crippen molar-refractivity contribution in [2.45, 2.75) is 6.54 Å². The van der Waals surface area contributed by atoms with E-state index < -0.39 is 16.7 Å². The number of nitrogens with zero attached hydrogens (tertiary/aromatic N) is 4. The van der Waals surface area contributed by atoms with Crippen LogP contribution in [0.4, 0.5) is 5.69 Å². The molecule has 1 unspecified atom stereocenters. The number of quaternary nitrogens is 1. The van der Waals surface area contributed by atoms with Crippen molar-refractivity contribution < 1.29 is 19.4 Å². The van der Waals surface area contributed by atoms with Crippen LogP contribution in [0.25, 0.3) is 5.69 Å². The van der Waals surface area contributed by atoms with Crippen molar-refractivity contribution >= 4 is 17.5 Å². The Balaban J connectivity index is 1.48. The maximum absolute atomic E-state index is 12.7. The molecule has 146 valence electrons. The minimum atomic E-state index is -0.637. The molecule has 2 amide bonds. The Hall–Kier alpha value is -3.85. The number of hydrogen-bond donors (Lipinski definition) is 1. The zero-order chi connectivity index (χ0) is 20.5. The van der Waals surface area contributed by atoms with Crippen LogP contribution in [-0.2, 0) is 6.54 Å². The van der Waals surface area contributed by atoms with Gasteiger partial charge in [-0.2, -0.15) is 5.10 Å². The minimum absolute atomic E-state index is 0.0777. The second-order valence-corrected chi connectivity index (χ2v) is 6.92. The molecule has 0 saturated carbocycles. The van der Waals surface area contributed by atoms with Crippen molar-refractivity contribution in [1.82, 2.24) is 14.7 Å². The molecular weight excluding hydrogens is 374 g/mol. The Morgan fingerprint density at radius 3 is 2.55 bits per heavy atom. The third kappa shape index (κ3) is 3.39. The number of fused-ring (bicyclic) bond motifs is 1. The molecule has 0 saturated heterocycles. The Morgan fingerprint density at radius 1 is 1.07 bits per heavy atom. The number of rotatable bonds is 6. The summed E-state index contributed by atoms with van der Waals surface area (Å²) < 4.78 is 1.76. The maximum Gasteiger partial charge on any atom is 0.282 e. The summed E-state index contributed by atoms with van der Waals surface area (Å²) in [5.74, 6) is -1.13. The van der Waals surface area contributed by atoms with Gasteiger partial charge in [-0.1, -0.05) is 24.3 Å². The van der Waals surface area contributed by atoms with Gasteiger partial charge in [0.2, 0.25) is 0 Å². The monoisotopic (exact) mass is 392 g/mol. The minimum Gasteiger partial charge on any atom is -0.316 e. The van der Waals surface area contributed by atoms with Gasteiger partial charge in [0.25, 0.3) is 17.5 Å². The van der Waals surface area contributed by atoms with Gasteiger partial charge in [0.15, 0.2) is 6.67 Å². The number of nitro groups is 1. The van der Waals surface area contributed by atoms with Crippen LogP contribution in [0.3, 0.4) is 0 Å². The number of nitrogens with one attached hydrogen (secondary N) is 1. The van der Waals surface area contributed by atoms with Crippen LogP contribution in [0.2, 0.25) is 0 Å². The van der Waals surface area contributed by atoms with Gasteiger partial charge in [-0.25, -0.2) is 9.58 Å². The summed E-state index contributed by atoms with van der Waals surface area (Å²) in [6.07, 6.45) is 3.63. The van der Waals surface area contributed by atoms with Crippen LogP contribution >= 0.6 is 0 Å². The Labute approximate surface area is 165 Å². The van der Waals surface area contributed by atoms with Gasteiger partial charge in [-0.3, -0.25) is 19.7 Å². The highest BCUT2D eigenvalue weighted by Gasteiger charge is 2.42. The predicted molar refractivity (Wildman–Crippen MR) is 103 cm³/mol. The van der Waals surface area contributed by atoms with E-state index in [1.807, 2.05) is 43.6 Å². The molecule has 1 aliphatic rings. The summed E-state index contributed by atoms with van der Waals surface area (Å²) in [6, 6.07) is 13.8. The second kappa shape index (κ2) is 7.28. The molecule has 3 aromatic rings. The van der Waals surface area contributed by atoms with Gasteiger partial charge in [0.05, 0.1) is 29.4 Å². The fourth-order valence-electron chi connectivity index (χ4n) is 3.46. The van der Waals surface area contributed by atoms with Crippen LogP contribution in [0, 0.1) is 10.1 Å². The first-order valence-corrected chi connectivity index (χ1v) is 8.99. The number of para-hydroxylation sites is 1. The average Bonchev–Trinajstić information content (AvgIpc) is 3.27. The first-order valence-electron chi connectivity index (χ1n) is 8.99. The van der Waals surface area contributed by atoms with Gasteiger partial charge in [0, 0.05) is 17.8 Å². The van der Waals surface area contributed by atoms with E-state index in [4.69, 9.17) is 0 Å². The van der Waals surface area contributed by atoms with E-state index in [0.29, 0.717) is 6.54 Å². The van der Waals surface area contributed by atoms with Crippen molar-refractivity contribution in [3.63, 3.8) is 0 Å². The van der Waals surface area contributed by atoms with Crippen molar-refractivity contribution in [2.24, 2.45) is 0 Å². The van der Waals surface area contributed by atoms with Gasteiger partial charge >= 0.3 is 0 Å². The number of carbonyl (C=O) groups is 2. The smallest absolute Gasteiger partial charge is 0.282 e. The normalized spacial score (nSPS) is 14.2. The molecular formula is C20H18N5O4+. The molecule has 29 heavy (non-hydrogen) atoms. The summed E-state index contributed by atoms with van der Waals surface area (Å²) >= 11 is 0. The Morgan fingerprint density at radius 2 is 1.83 bits per heavy atom. The lowest BCUT2D eigenvalue weighted by atomic mass is 10.1. The van der Waals surface area contributed by atoms with Gasteiger partial charge in [0.1, 0.15) is 12.1 Å². The van der Waals surface area contributed by atoms with E-state index in [0.717, 1.165) is 21.1 Å². The number of hydrogen-bond acceptors (Lipinski definition) is 5. The summed E-state index contributed by atoms with van der Waals surface area (Å²) in [5, 5.41) is 15.6. The van der Waals surface area contributed by atoms with Crippen LogP contribution in [-0.4, -0.2) is 45.1 Å². The predicted octanol–water partition coefficient (Wildman–Crippen LogP) is 1.05. The standard InChI is InChI=1S/C20H17N5O4/c1-22(11-14-10-21-24(12-14)15-6-3-2-4-7-15)13-23-19(26)16-8-5-9-17(25(28)29)18(16)20(23)27/h2-10,12H,11,13H2,1H3/p+1. The van der Waals surface area contributed by atoms with Crippen LogP contribution in [0.1, 0.15) is 26.3 Å². The van der Waals surface area contributed by atoms with Crippen LogP contribution in [0.15, 0.2) is 60.9 Å². The molecule has 2 heterocycles. The zero-order valence-corrected chi connectivity index (χ0v) is 15.6. The molecule has 1 aromatic heterocycles. The lowest BCUT2D eigenvalue weighted by Crippen LogP contribution is -3.09. The molecule has 0 radical (unpaired) electrons. The number of amides is 2. The SMILES string of the molecule is C[NH+](Cc1cnn(-c2ccccc2)c1)CN1C(=O)c2cccc([N+](=O)[O-])c2C1=O. The van der Waals surface area contributed by atoms with E-state index in [9.17, 15) is 19.7 Å². The molecule has 4 rings (SSSR count). The van der Waals surface area contributed by atoms with E-state index in [-0.39, 0.29) is 23.5 Å².